The molecule has 0 atom stereocenters. The third-order valence-corrected chi connectivity index (χ3v) is 2.96. The first-order valence-corrected chi connectivity index (χ1v) is 6.15. The molecule has 0 aliphatic rings. The maximum Gasteiger partial charge on any atom is 0.417 e. The summed E-state index contributed by atoms with van der Waals surface area (Å²) in [4.78, 5) is 18.0. The summed E-state index contributed by atoms with van der Waals surface area (Å²) >= 11 is 0.891. The molecule has 6 nitrogen and oxygen atoms in total. The minimum atomic E-state index is -4.45. The molecule has 106 valence electrons. The van der Waals surface area contributed by atoms with Gasteiger partial charge >= 0.3 is 12.1 Å². The van der Waals surface area contributed by atoms with E-state index in [9.17, 15) is 18.0 Å². The number of pyridine rings is 1. The standard InChI is InChI=1S/C10H7F3N4O2S/c11-10(12,13)5-1-2-6(14-3-5)8-15-9(17-16-8)20-4-7(18)19/h1-3H,4H2,(H,18,19)(H,15,16,17). The lowest BCUT2D eigenvalue weighted by Gasteiger charge is -2.05. The van der Waals surface area contributed by atoms with E-state index in [1.54, 1.807) is 0 Å². The summed E-state index contributed by atoms with van der Waals surface area (Å²) in [5, 5.41) is 14.9. The Morgan fingerprint density at radius 1 is 1.40 bits per heavy atom. The number of alkyl halides is 3. The predicted molar refractivity (Wildman–Crippen MR) is 63.0 cm³/mol. The second-order valence-corrected chi connectivity index (χ2v) is 4.52. The Balaban J connectivity index is 2.14. The van der Waals surface area contributed by atoms with Gasteiger partial charge in [0.05, 0.1) is 11.3 Å². The van der Waals surface area contributed by atoms with Gasteiger partial charge in [0.1, 0.15) is 5.69 Å². The van der Waals surface area contributed by atoms with Crippen molar-refractivity contribution >= 4 is 17.7 Å². The van der Waals surface area contributed by atoms with Gasteiger partial charge in [-0.05, 0) is 12.1 Å². The Kier molecular flexibility index (Phi) is 3.93. The van der Waals surface area contributed by atoms with Crippen LogP contribution in [0.3, 0.4) is 0 Å². The number of hydrogen-bond donors (Lipinski definition) is 2. The molecule has 0 saturated carbocycles. The van der Waals surface area contributed by atoms with Crippen molar-refractivity contribution in [3.63, 3.8) is 0 Å². The van der Waals surface area contributed by atoms with Crippen LogP contribution in [-0.2, 0) is 11.0 Å². The lowest BCUT2D eigenvalue weighted by Crippen LogP contribution is -2.05. The number of thioether (sulfide) groups is 1. The first-order valence-electron chi connectivity index (χ1n) is 5.17. The fourth-order valence-corrected chi connectivity index (χ4v) is 1.77. The average molecular weight is 304 g/mol. The van der Waals surface area contributed by atoms with Crippen LogP contribution < -0.4 is 0 Å². The van der Waals surface area contributed by atoms with Crippen LogP contribution in [0.1, 0.15) is 5.56 Å². The van der Waals surface area contributed by atoms with Crippen molar-refractivity contribution in [1.29, 1.82) is 0 Å². The van der Waals surface area contributed by atoms with Crippen LogP contribution in [-0.4, -0.2) is 37.0 Å². The average Bonchev–Trinajstić information content (AvgIpc) is 2.84. The van der Waals surface area contributed by atoms with E-state index in [0.717, 1.165) is 23.9 Å². The zero-order chi connectivity index (χ0) is 14.8. The van der Waals surface area contributed by atoms with Crippen molar-refractivity contribution in [3.05, 3.63) is 23.9 Å². The summed E-state index contributed by atoms with van der Waals surface area (Å²) in [5.74, 6) is -1.06. The number of aromatic nitrogens is 4. The normalized spacial score (nSPS) is 11.6. The van der Waals surface area contributed by atoms with Crippen molar-refractivity contribution in [1.82, 2.24) is 20.2 Å². The molecule has 0 unspecified atom stereocenters. The second kappa shape index (κ2) is 5.49. The number of carbonyl (C=O) groups is 1. The van der Waals surface area contributed by atoms with E-state index in [2.05, 4.69) is 20.2 Å². The molecule has 2 heterocycles. The highest BCUT2D eigenvalue weighted by Gasteiger charge is 2.30. The van der Waals surface area contributed by atoms with Gasteiger partial charge in [-0.2, -0.15) is 18.2 Å². The summed E-state index contributed by atoms with van der Waals surface area (Å²) < 4.78 is 37.1. The largest absolute Gasteiger partial charge is 0.481 e. The SMILES string of the molecule is O=C(O)CSc1n[nH]c(-c2ccc(C(F)(F)F)cn2)n1. The molecule has 10 heteroatoms. The molecule has 2 aromatic heterocycles. The van der Waals surface area contributed by atoms with Crippen LogP contribution in [0, 0.1) is 0 Å². The number of aromatic amines is 1. The third kappa shape index (κ3) is 3.47. The highest BCUT2D eigenvalue weighted by Crippen LogP contribution is 2.29. The summed E-state index contributed by atoms with van der Waals surface area (Å²) in [6.45, 7) is 0. The summed E-state index contributed by atoms with van der Waals surface area (Å²) in [6, 6.07) is 2.05. The van der Waals surface area contributed by atoms with E-state index in [-0.39, 0.29) is 22.4 Å². The molecule has 0 fully saturated rings. The number of rotatable bonds is 4. The molecule has 0 spiro atoms. The van der Waals surface area contributed by atoms with E-state index in [1.165, 1.54) is 0 Å². The van der Waals surface area contributed by atoms with E-state index < -0.39 is 17.7 Å². The molecule has 0 aromatic carbocycles. The van der Waals surface area contributed by atoms with Crippen molar-refractivity contribution in [2.45, 2.75) is 11.3 Å². The molecule has 2 rings (SSSR count). The number of carboxylic acids is 1. The minimum absolute atomic E-state index is 0.173. The van der Waals surface area contributed by atoms with Crippen LogP contribution in [0.4, 0.5) is 13.2 Å². The monoisotopic (exact) mass is 304 g/mol. The van der Waals surface area contributed by atoms with E-state index in [1.807, 2.05) is 0 Å². The third-order valence-electron chi connectivity index (χ3n) is 2.12. The molecule has 0 bridgehead atoms. The van der Waals surface area contributed by atoms with Crippen molar-refractivity contribution in [2.24, 2.45) is 0 Å². The van der Waals surface area contributed by atoms with Gasteiger partial charge in [-0.15, -0.1) is 5.10 Å². The summed E-state index contributed by atoms with van der Waals surface area (Å²) in [7, 11) is 0. The molecular formula is C10H7F3N4O2S. The fourth-order valence-electron chi connectivity index (χ4n) is 1.25. The minimum Gasteiger partial charge on any atom is -0.481 e. The second-order valence-electron chi connectivity index (χ2n) is 3.58. The number of aliphatic carboxylic acids is 1. The fraction of sp³-hybridized carbons (Fsp3) is 0.200. The lowest BCUT2D eigenvalue weighted by atomic mass is 10.2. The van der Waals surface area contributed by atoms with Crippen molar-refractivity contribution in [3.8, 4) is 11.5 Å². The Morgan fingerprint density at radius 3 is 2.70 bits per heavy atom. The molecule has 0 amide bonds. The Bertz CT molecular complexity index is 612. The molecule has 0 aliphatic carbocycles. The summed E-state index contributed by atoms with van der Waals surface area (Å²) in [6.07, 6.45) is -3.75. The molecule has 0 saturated heterocycles. The quantitative estimate of drug-likeness (QED) is 0.840. The zero-order valence-corrected chi connectivity index (χ0v) is 10.5. The lowest BCUT2D eigenvalue weighted by molar-refractivity contribution is -0.138. The van der Waals surface area contributed by atoms with Gasteiger partial charge in [0.15, 0.2) is 5.82 Å². The van der Waals surface area contributed by atoms with Crippen molar-refractivity contribution < 1.29 is 23.1 Å². The predicted octanol–water partition coefficient (Wildman–Crippen LogP) is 2.06. The number of nitrogens with one attached hydrogen (secondary N) is 1. The zero-order valence-electron chi connectivity index (χ0n) is 9.68. The van der Waals surface area contributed by atoms with Gasteiger partial charge in [0.2, 0.25) is 5.16 Å². The first-order chi connectivity index (χ1) is 9.36. The number of carboxylic acid groups (broad SMARTS) is 1. The molecular weight excluding hydrogens is 297 g/mol. The maximum absolute atomic E-state index is 12.4. The van der Waals surface area contributed by atoms with Gasteiger partial charge < -0.3 is 5.11 Å². The van der Waals surface area contributed by atoms with Gasteiger partial charge in [-0.3, -0.25) is 14.9 Å². The van der Waals surface area contributed by atoms with Crippen LogP contribution in [0.5, 0.6) is 0 Å². The van der Waals surface area contributed by atoms with Crippen LogP contribution in [0.15, 0.2) is 23.5 Å². The number of hydrogen-bond acceptors (Lipinski definition) is 5. The van der Waals surface area contributed by atoms with Crippen LogP contribution >= 0.6 is 11.8 Å². The highest BCUT2D eigenvalue weighted by molar-refractivity contribution is 7.99. The summed E-state index contributed by atoms with van der Waals surface area (Å²) in [5.41, 5.74) is -0.672. The smallest absolute Gasteiger partial charge is 0.417 e. The van der Waals surface area contributed by atoms with Gasteiger partial charge in [-0.1, -0.05) is 11.8 Å². The van der Waals surface area contributed by atoms with Gasteiger partial charge in [0.25, 0.3) is 0 Å². The van der Waals surface area contributed by atoms with Crippen LogP contribution in [0.2, 0.25) is 0 Å². The first kappa shape index (κ1) is 14.3. The van der Waals surface area contributed by atoms with E-state index in [0.29, 0.717) is 6.20 Å². The van der Waals surface area contributed by atoms with E-state index >= 15 is 0 Å². The number of H-pyrrole nitrogens is 1. The van der Waals surface area contributed by atoms with Gasteiger partial charge in [-0.25, -0.2) is 0 Å². The molecule has 2 N–H and O–H groups in total. The number of nitrogens with zero attached hydrogens (tertiary/aromatic N) is 3. The number of halogens is 3. The van der Waals surface area contributed by atoms with Gasteiger partial charge in [0, 0.05) is 6.20 Å². The molecule has 0 aliphatic heterocycles. The van der Waals surface area contributed by atoms with E-state index in [4.69, 9.17) is 5.11 Å². The molecule has 2 aromatic rings. The van der Waals surface area contributed by atoms with Crippen LogP contribution in [0.25, 0.3) is 11.5 Å². The Labute approximate surface area is 114 Å². The highest BCUT2D eigenvalue weighted by atomic mass is 32.2. The maximum atomic E-state index is 12.4. The molecule has 0 radical (unpaired) electrons. The topological polar surface area (TPSA) is 91.8 Å². The van der Waals surface area contributed by atoms with Crippen molar-refractivity contribution in [2.75, 3.05) is 5.75 Å². The Hall–Kier alpha value is -2.10. The molecule has 20 heavy (non-hydrogen) atoms. The Morgan fingerprint density at radius 2 is 2.15 bits per heavy atom.